The zero-order valence-electron chi connectivity index (χ0n) is 9.50. The monoisotopic (exact) mass is 241 g/mol. The van der Waals surface area contributed by atoms with E-state index >= 15 is 0 Å². The van der Waals surface area contributed by atoms with E-state index in [-0.39, 0.29) is 12.3 Å². The van der Waals surface area contributed by atoms with Crippen LogP contribution < -0.4 is 5.73 Å². The number of aromatic nitrogens is 4. The molecule has 0 saturated carbocycles. The third-order valence-corrected chi connectivity index (χ3v) is 2.74. The van der Waals surface area contributed by atoms with Crippen LogP contribution in [-0.2, 0) is 6.42 Å². The van der Waals surface area contributed by atoms with Crippen molar-refractivity contribution in [2.24, 2.45) is 0 Å². The number of anilines is 1. The Bertz CT molecular complexity index is 698. The number of carbonyl (C=O) groups is 1. The van der Waals surface area contributed by atoms with Crippen molar-refractivity contribution in [3.63, 3.8) is 0 Å². The zero-order valence-corrected chi connectivity index (χ0v) is 9.50. The Morgan fingerprint density at radius 1 is 1.39 bits per heavy atom. The number of nitrogen functional groups attached to an aromatic ring is 1. The molecule has 0 saturated heterocycles. The molecule has 18 heavy (non-hydrogen) atoms. The fourth-order valence-corrected chi connectivity index (χ4v) is 1.86. The quantitative estimate of drug-likeness (QED) is 0.660. The summed E-state index contributed by atoms with van der Waals surface area (Å²) < 4.78 is 1.52. The van der Waals surface area contributed by atoms with E-state index in [1.165, 1.54) is 10.9 Å². The van der Waals surface area contributed by atoms with Gasteiger partial charge >= 0.3 is 0 Å². The van der Waals surface area contributed by atoms with Gasteiger partial charge in [0.15, 0.2) is 0 Å². The molecule has 0 amide bonds. The van der Waals surface area contributed by atoms with Crippen molar-refractivity contribution in [3.8, 4) is 0 Å². The second kappa shape index (κ2) is 3.99. The number of aromatic amines is 1. The van der Waals surface area contributed by atoms with E-state index in [0.717, 1.165) is 11.2 Å². The molecule has 3 aromatic rings. The summed E-state index contributed by atoms with van der Waals surface area (Å²) in [4.78, 5) is 16.3. The normalized spacial score (nSPS) is 10.9. The number of nitrogens with two attached hydrogens (primary N) is 1. The molecule has 0 bridgehead atoms. The maximum absolute atomic E-state index is 12.1. The molecule has 1 aromatic carbocycles. The minimum atomic E-state index is -0.0634. The van der Waals surface area contributed by atoms with Gasteiger partial charge in [0.05, 0.1) is 17.5 Å². The van der Waals surface area contributed by atoms with Crippen LogP contribution in [0.2, 0.25) is 0 Å². The molecule has 2 heterocycles. The molecule has 2 aromatic heterocycles. The minimum Gasteiger partial charge on any atom is -0.399 e. The summed E-state index contributed by atoms with van der Waals surface area (Å²) in [5.74, 6) is -0.0634. The van der Waals surface area contributed by atoms with Gasteiger partial charge in [-0.15, -0.1) is 0 Å². The summed E-state index contributed by atoms with van der Waals surface area (Å²) in [7, 11) is 0. The van der Waals surface area contributed by atoms with Crippen molar-refractivity contribution >= 4 is 22.6 Å². The third-order valence-electron chi connectivity index (χ3n) is 2.74. The Balaban J connectivity index is 1.97. The standard InChI is InChI=1S/C12H11N5O/c13-8-1-2-11-10(5-8)14-7-17(11)12(18)6-9-3-4-15-16-9/h1-5,7H,6,13H2,(H,15,16). The highest BCUT2D eigenvalue weighted by molar-refractivity contribution is 5.92. The Kier molecular flexibility index (Phi) is 2.33. The third kappa shape index (κ3) is 1.73. The SMILES string of the molecule is Nc1ccc2c(c1)ncn2C(=O)Cc1ccn[nH]1. The van der Waals surface area contributed by atoms with Gasteiger partial charge in [0, 0.05) is 17.6 Å². The van der Waals surface area contributed by atoms with Crippen LogP contribution in [0.4, 0.5) is 5.69 Å². The average molecular weight is 241 g/mol. The second-order valence-corrected chi connectivity index (χ2v) is 4.02. The Morgan fingerprint density at radius 2 is 2.28 bits per heavy atom. The minimum absolute atomic E-state index is 0.0634. The smallest absolute Gasteiger partial charge is 0.238 e. The molecule has 6 nitrogen and oxygen atoms in total. The van der Waals surface area contributed by atoms with Crippen molar-refractivity contribution in [3.05, 3.63) is 42.5 Å². The van der Waals surface area contributed by atoms with Crippen LogP contribution in [0.5, 0.6) is 0 Å². The Hall–Kier alpha value is -2.63. The van der Waals surface area contributed by atoms with Crippen LogP contribution in [0.3, 0.4) is 0 Å². The maximum Gasteiger partial charge on any atom is 0.238 e. The van der Waals surface area contributed by atoms with E-state index < -0.39 is 0 Å². The van der Waals surface area contributed by atoms with Gasteiger partial charge in [0.25, 0.3) is 0 Å². The highest BCUT2D eigenvalue weighted by atomic mass is 16.2. The lowest BCUT2D eigenvalue weighted by Gasteiger charge is -2.01. The number of hydrogen-bond donors (Lipinski definition) is 2. The molecule has 0 aliphatic heterocycles. The lowest BCUT2D eigenvalue weighted by atomic mass is 10.2. The largest absolute Gasteiger partial charge is 0.399 e. The first-order chi connectivity index (χ1) is 8.74. The van der Waals surface area contributed by atoms with Gasteiger partial charge in [0.1, 0.15) is 6.33 Å². The number of rotatable bonds is 2. The summed E-state index contributed by atoms with van der Waals surface area (Å²) in [5, 5.41) is 6.57. The summed E-state index contributed by atoms with van der Waals surface area (Å²) in [6.07, 6.45) is 3.40. The van der Waals surface area contributed by atoms with E-state index in [0.29, 0.717) is 11.2 Å². The van der Waals surface area contributed by atoms with E-state index in [4.69, 9.17) is 5.73 Å². The molecule has 0 spiro atoms. The van der Waals surface area contributed by atoms with Crippen LogP contribution in [0.1, 0.15) is 10.5 Å². The summed E-state index contributed by atoms with van der Waals surface area (Å²) in [6, 6.07) is 7.07. The first kappa shape index (κ1) is 10.5. The van der Waals surface area contributed by atoms with E-state index in [9.17, 15) is 4.79 Å². The Labute approximate surface area is 102 Å². The number of nitrogens with zero attached hydrogens (tertiary/aromatic N) is 3. The summed E-state index contributed by atoms with van der Waals surface area (Å²) in [5.41, 5.74) is 8.55. The Morgan fingerprint density at radius 3 is 3.06 bits per heavy atom. The zero-order chi connectivity index (χ0) is 12.5. The number of H-pyrrole nitrogens is 1. The summed E-state index contributed by atoms with van der Waals surface area (Å²) >= 11 is 0. The van der Waals surface area contributed by atoms with Crippen molar-refractivity contribution in [2.75, 3.05) is 5.73 Å². The topological polar surface area (TPSA) is 89.6 Å². The van der Waals surface area contributed by atoms with Gasteiger partial charge in [-0.3, -0.25) is 14.5 Å². The molecule has 90 valence electrons. The van der Waals surface area contributed by atoms with E-state index in [2.05, 4.69) is 15.2 Å². The molecular formula is C12H11N5O. The number of fused-ring (bicyclic) bond motifs is 1. The molecule has 6 heteroatoms. The number of hydrogen-bond acceptors (Lipinski definition) is 4. The predicted molar refractivity (Wildman–Crippen MR) is 67.1 cm³/mol. The number of carbonyl (C=O) groups excluding carboxylic acids is 1. The maximum atomic E-state index is 12.1. The fourth-order valence-electron chi connectivity index (χ4n) is 1.86. The van der Waals surface area contributed by atoms with Crippen LogP contribution >= 0.6 is 0 Å². The molecule has 0 aliphatic carbocycles. The lowest BCUT2D eigenvalue weighted by Crippen LogP contribution is -2.12. The van der Waals surface area contributed by atoms with Crippen LogP contribution in [0, 0.1) is 0 Å². The molecule has 0 aliphatic rings. The summed E-state index contributed by atoms with van der Waals surface area (Å²) in [6.45, 7) is 0. The number of nitrogens with one attached hydrogen (secondary N) is 1. The number of benzene rings is 1. The fraction of sp³-hybridized carbons (Fsp3) is 0.0833. The molecular weight excluding hydrogens is 230 g/mol. The van der Waals surface area contributed by atoms with Gasteiger partial charge in [0.2, 0.25) is 5.91 Å². The highest BCUT2D eigenvalue weighted by Crippen LogP contribution is 2.16. The van der Waals surface area contributed by atoms with Crippen molar-refractivity contribution in [1.29, 1.82) is 0 Å². The molecule has 3 N–H and O–H groups in total. The van der Waals surface area contributed by atoms with Crippen LogP contribution in [0.25, 0.3) is 11.0 Å². The second-order valence-electron chi connectivity index (χ2n) is 4.02. The van der Waals surface area contributed by atoms with Crippen molar-refractivity contribution in [1.82, 2.24) is 19.7 Å². The van der Waals surface area contributed by atoms with Gasteiger partial charge in [-0.05, 0) is 24.3 Å². The molecule has 0 atom stereocenters. The van der Waals surface area contributed by atoms with Crippen molar-refractivity contribution in [2.45, 2.75) is 6.42 Å². The molecule has 0 unspecified atom stereocenters. The van der Waals surface area contributed by atoms with Crippen LogP contribution in [0.15, 0.2) is 36.8 Å². The van der Waals surface area contributed by atoms with Gasteiger partial charge in [-0.1, -0.05) is 0 Å². The van der Waals surface area contributed by atoms with Crippen molar-refractivity contribution < 1.29 is 4.79 Å². The van der Waals surface area contributed by atoms with E-state index in [1.54, 1.807) is 30.5 Å². The first-order valence-electron chi connectivity index (χ1n) is 5.48. The van der Waals surface area contributed by atoms with Gasteiger partial charge in [-0.2, -0.15) is 5.10 Å². The first-order valence-corrected chi connectivity index (χ1v) is 5.48. The molecule has 3 rings (SSSR count). The highest BCUT2D eigenvalue weighted by Gasteiger charge is 2.11. The van der Waals surface area contributed by atoms with Crippen LogP contribution in [-0.4, -0.2) is 25.7 Å². The van der Waals surface area contributed by atoms with Gasteiger partial charge < -0.3 is 5.73 Å². The average Bonchev–Trinajstić information content (AvgIpc) is 2.97. The molecule has 0 radical (unpaired) electrons. The predicted octanol–water partition coefficient (Wildman–Crippen LogP) is 1.22. The lowest BCUT2D eigenvalue weighted by molar-refractivity contribution is 0.0917. The van der Waals surface area contributed by atoms with E-state index in [1.807, 2.05) is 0 Å². The van der Waals surface area contributed by atoms with Gasteiger partial charge in [-0.25, -0.2) is 4.98 Å². The number of imidazole rings is 1. The molecule has 0 fully saturated rings.